The number of ether oxygens (including phenoxy) is 1. The molecule has 0 aliphatic rings. The lowest BCUT2D eigenvalue weighted by molar-refractivity contribution is -0.123. The Morgan fingerprint density at radius 2 is 1.88 bits per heavy atom. The van der Waals surface area contributed by atoms with Crippen molar-refractivity contribution < 1.29 is 14.6 Å². The Labute approximate surface area is 154 Å². The summed E-state index contributed by atoms with van der Waals surface area (Å²) in [7, 11) is 0. The van der Waals surface area contributed by atoms with Crippen LogP contribution in [0.4, 0.5) is 5.69 Å². The van der Waals surface area contributed by atoms with Crippen LogP contribution in [-0.4, -0.2) is 36.9 Å². The Morgan fingerprint density at radius 3 is 2.50 bits per heavy atom. The standard InChI is InChI=1S/C20H25N3O3/c1-4-23(5-2)17-9-8-16(19(24)12-17)13-21-22-20(25)14-26-18-10-6-15(3)7-11-18/h6-13,24H,4-5,14H2,1-3H3,(H,22,25). The average Bonchev–Trinajstić information content (AvgIpc) is 2.64. The molecule has 0 fully saturated rings. The van der Waals surface area contributed by atoms with Gasteiger partial charge in [0.15, 0.2) is 6.61 Å². The van der Waals surface area contributed by atoms with E-state index in [-0.39, 0.29) is 18.3 Å². The summed E-state index contributed by atoms with van der Waals surface area (Å²) in [6.07, 6.45) is 1.41. The molecule has 138 valence electrons. The number of nitrogens with zero attached hydrogens (tertiary/aromatic N) is 2. The highest BCUT2D eigenvalue weighted by Gasteiger charge is 2.06. The van der Waals surface area contributed by atoms with Crippen molar-refractivity contribution >= 4 is 17.8 Å². The number of carbonyl (C=O) groups excluding carboxylic acids is 1. The third-order valence-electron chi connectivity index (χ3n) is 3.93. The maximum absolute atomic E-state index is 11.8. The van der Waals surface area contributed by atoms with E-state index in [1.807, 2.05) is 25.1 Å². The number of rotatable bonds is 8. The summed E-state index contributed by atoms with van der Waals surface area (Å²) >= 11 is 0. The molecule has 0 spiro atoms. The number of carbonyl (C=O) groups is 1. The lowest BCUT2D eigenvalue weighted by Crippen LogP contribution is -2.24. The average molecular weight is 355 g/mol. The van der Waals surface area contributed by atoms with Gasteiger partial charge in [-0.15, -0.1) is 0 Å². The molecule has 2 aromatic rings. The summed E-state index contributed by atoms with van der Waals surface area (Å²) in [5.74, 6) is 0.365. The number of phenolic OH excluding ortho intramolecular Hbond substituents is 1. The predicted molar refractivity (Wildman–Crippen MR) is 104 cm³/mol. The van der Waals surface area contributed by atoms with E-state index in [1.54, 1.807) is 24.3 Å². The van der Waals surface area contributed by atoms with Crippen molar-refractivity contribution in [3.05, 3.63) is 53.6 Å². The van der Waals surface area contributed by atoms with Crippen LogP contribution in [0.15, 0.2) is 47.6 Å². The Bertz CT molecular complexity index is 753. The van der Waals surface area contributed by atoms with Gasteiger partial charge in [-0.3, -0.25) is 4.79 Å². The number of anilines is 1. The number of benzene rings is 2. The Balaban J connectivity index is 1.87. The Kier molecular flexibility index (Phi) is 7.02. The molecule has 0 unspecified atom stereocenters. The van der Waals surface area contributed by atoms with E-state index in [4.69, 9.17) is 4.74 Å². The van der Waals surface area contributed by atoms with Gasteiger partial charge in [0.05, 0.1) is 6.21 Å². The molecular formula is C20H25N3O3. The van der Waals surface area contributed by atoms with E-state index in [1.165, 1.54) is 6.21 Å². The zero-order valence-corrected chi connectivity index (χ0v) is 15.4. The first-order valence-electron chi connectivity index (χ1n) is 8.62. The molecule has 0 aliphatic heterocycles. The summed E-state index contributed by atoms with van der Waals surface area (Å²) in [6, 6.07) is 12.8. The molecule has 0 saturated carbocycles. The van der Waals surface area contributed by atoms with Crippen LogP contribution in [0, 0.1) is 6.92 Å². The topological polar surface area (TPSA) is 74.2 Å². The summed E-state index contributed by atoms with van der Waals surface area (Å²) in [4.78, 5) is 13.9. The SMILES string of the molecule is CCN(CC)c1ccc(C=NNC(=O)COc2ccc(C)cc2)c(O)c1. The minimum Gasteiger partial charge on any atom is -0.507 e. The molecule has 0 atom stereocenters. The van der Waals surface area contributed by atoms with E-state index in [9.17, 15) is 9.90 Å². The molecule has 2 rings (SSSR count). The van der Waals surface area contributed by atoms with Gasteiger partial charge in [-0.25, -0.2) is 5.43 Å². The second kappa shape index (κ2) is 9.46. The van der Waals surface area contributed by atoms with Crippen LogP contribution in [0.1, 0.15) is 25.0 Å². The zero-order valence-electron chi connectivity index (χ0n) is 15.4. The molecule has 0 radical (unpaired) electrons. The monoisotopic (exact) mass is 355 g/mol. The number of amides is 1. The van der Waals surface area contributed by atoms with E-state index >= 15 is 0 Å². The van der Waals surface area contributed by atoms with Crippen LogP contribution in [0.5, 0.6) is 11.5 Å². The van der Waals surface area contributed by atoms with Crippen molar-refractivity contribution in [2.24, 2.45) is 5.10 Å². The van der Waals surface area contributed by atoms with E-state index in [0.717, 1.165) is 24.3 Å². The van der Waals surface area contributed by atoms with E-state index < -0.39 is 0 Å². The minimum absolute atomic E-state index is 0.114. The molecule has 1 amide bonds. The first kappa shape index (κ1) is 19.3. The molecule has 0 aliphatic carbocycles. The van der Waals surface area contributed by atoms with Gasteiger partial charge in [-0.2, -0.15) is 5.10 Å². The highest BCUT2D eigenvalue weighted by molar-refractivity contribution is 5.86. The first-order valence-corrected chi connectivity index (χ1v) is 8.62. The van der Waals surface area contributed by atoms with Crippen LogP contribution < -0.4 is 15.1 Å². The number of aryl methyl sites for hydroxylation is 1. The second-order valence-electron chi connectivity index (χ2n) is 5.81. The third-order valence-corrected chi connectivity index (χ3v) is 3.93. The minimum atomic E-state index is -0.374. The first-order chi connectivity index (χ1) is 12.5. The maximum atomic E-state index is 11.8. The molecule has 2 N–H and O–H groups in total. The van der Waals surface area contributed by atoms with Crippen LogP contribution in [0.3, 0.4) is 0 Å². The molecule has 2 aromatic carbocycles. The third kappa shape index (κ3) is 5.51. The molecule has 6 heteroatoms. The predicted octanol–water partition coefficient (Wildman–Crippen LogP) is 3.08. The largest absolute Gasteiger partial charge is 0.507 e. The highest BCUT2D eigenvalue weighted by Crippen LogP contribution is 2.23. The molecular weight excluding hydrogens is 330 g/mol. The van der Waals surface area contributed by atoms with Crippen LogP contribution in [0.2, 0.25) is 0 Å². The fourth-order valence-corrected chi connectivity index (χ4v) is 2.42. The molecule has 6 nitrogen and oxygen atoms in total. The molecule has 26 heavy (non-hydrogen) atoms. The van der Waals surface area contributed by atoms with Gasteiger partial charge >= 0.3 is 0 Å². The number of phenols is 1. The maximum Gasteiger partial charge on any atom is 0.277 e. The van der Waals surface area contributed by atoms with Gasteiger partial charge in [0.2, 0.25) is 0 Å². The van der Waals surface area contributed by atoms with Gasteiger partial charge in [-0.1, -0.05) is 17.7 Å². The number of nitrogens with one attached hydrogen (secondary N) is 1. The van der Waals surface area contributed by atoms with Gasteiger partial charge in [0, 0.05) is 30.4 Å². The van der Waals surface area contributed by atoms with Gasteiger partial charge in [-0.05, 0) is 45.0 Å². The van der Waals surface area contributed by atoms with Crippen molar-refractivity contribution in [2.75, 3.05) is 24.6 Å². The molecule has 0 aromatic heterocycles. The zero-order chi connectivity index (χ0) is 18.9. The summed E-state index contributed by atoms with van der Waals surface area (Å²) in [5.41, 5.74) is 4.98. The number of hydrogen-bond acceptors (Lipinski definition) is 5. The number of aromatic hydroxyl groups is 1. The smallest absolute Gasteiger partial charge is 0.277 e. The second-order valence-corrected chi connectivity index (χ2v) is 5.81. The summed E-state index contributed by atoms with van der Waals surface area (Å²) in [6.45, 7) is 7.69. The molecule has 0 saturated heterocycles. The van der Waals surface area contributed by atoms with Gasteiger partial charge in [0.25, 0.3) is 5.91 Å². The summed E-state index contributed by atoms with van der Waals surface area (Å²) in [5, 5.41) is 14.0. The van der Waals surface area contributed by atoms with Crippen LogP contribution >= 0.6 is 0 Å². The van der Waals surface area contributed by atoms with Gasteiger partial charge < -0.3 is 14.7 Å². The quantitative estimate of drug-likeness (QED) is 0.564. The van der Waals surface area contributed by atoms with Gasteiger partial charge in [0.1, 0.15) is 11.5 Å². The normalized spacial score (nSPS) is 10.7. The van der Waals surface area contributed by atoms with Crippen LogP contribution in [0.25, 0.3) is 0 Å². The summed E-state index contributed by atoms with van der Waals surface area (Å²) < 4.78 is 5.38. The van der Waals surface area contributed by atoms with Crippen molar-refractivity contribution in [2.45, 2.75) is 20.8 Å². The fourth-order valence-electron chi connectivity index (χ4n) is 2.42. The van der Waals surface area contributed by atoms with Crippen molar-refractivity contribution in [1.29, 1.82) is 0 Å². The van der Waals surface area contributed by atoms with Crippen LogP contribution in [-0.2, 0) is 4.79 Å². The van der Waals surface area contributed by atoms with E-state index in [0.29, 0.717) is 11.3 Å². The Hall–Kier alpha value is -3.02. The fraction of sp³-hybridized carbons (Fsp3) is 0.300. The van der Waals surface area contributed by atoms with Crippen molar-refractivity contribution in [1.82, 2.24) is 5.43 Å². The Morgan fingerprint density at radius 1 is 1.19 bits per heavy atom. The molecule has 0 bridgehead atoms. The lowest BCUT2D eigenvalue weighted by atomic mass is 10.2. The number of hydrazone groups is 1. The van der Waals surface area contributed by atoms with Crippen molar-refractivity contribution in [3.8, 4) is 11.5 Å². The van der Waals surface area contributed by atoms with E-state index in [2.05, 4.69) is 29.3 Å². The lowest BCUT2D eigenvalue weighted by Gasteiger charge is -2.21. The molecule has 0 heterocycles. The van der Waals surface area contributed by atoms with Crippen molar-refractivity contribution in [3.63, 3.8) is 0 Å². The highest BCUT2D eigenvalue weighted by atomic mass is 16.5. The number of hydrogen-bond donors (Lipinski definition) is 2.